The number of nitrogens with zero attached hydrogens (tertiary/aromatic N) is 3. The van der Waals surface area contributed by atoms with Crippen molar-refractivity contribution in [2.24, 2.45) is 0 Å². The molecule has 25 heavy (non-hydrogen) atoms. The number of anilines is 1. The number of likely N-dealkylation sites (tertiary alicyclic amines) is 1. The van der Waals surface area contributed by atoms with E-state index in [1.807, 2.05) is 52.9 Å². The van der Waals surface area contributed by atoms with Gasteiger partial charge >= 0.3 is 6.09 Å². The third-order valence-electron chi connectivity index (χ3n) is 3.89. The van der Waals surface area contributed by atoms with E-state index in [4.69, 9.17) is 4.74 Å². The Balaban J connectivity index is 2.22. The number of ether oxygens (including phenoxy) is 1. The summed E-state index contributed by atoms with van der Waals surface area (Å²) in [7, 11) is 5.75. The highest BCUT2D eigenvalue weighted by atomic mass is 16.6. The van der Waals surface area contributed by atoms with Gasteiger partial charge in [-0.25, -0.2) is 9.78 Å². The van der Waals surface area contributed by atoms with Gasteiger partial charge in [0, 0.05) is 32.5 Å². The highest BCUT2D eigenvalue weighted by Crippen LogP contribution is 2.30. The first-order chi connectivity index (χ1) is 11.5. The van der Waals surface area contributed by atoms with Crippen LogP contribution in [0, 0.1) is 0 Å². The summed E-state index contributed by atoms with van der Waals surface area (Å²) in [6.07, 6.45) is -0.0309. The van der Waals surface area contributed by atoms with E-state index in [-0.39, 0.29) is 11.8 Å². The summed E-state index contributed by atoms with van der Waals surface area (Å²) in [4.78, 5) is 32.2. The van der Waals surface area contributed by atoms with Gasteiger partial charge in [0.15, 0.2) is 0 Å². The molecule has 0 spiro atoms. The summed E-state index contributed by atoms with van der Waals surface area (Å²) in [5.74, 6) is 0.736. The van der Waals surface area contributed by atoms with Crippen LogP contribution in [0.4, 0.5) is 10.6 Å². The molecule has 138 valence electrons. The summed E-state index contributed by atoms with van der Waals surface area (Å²) >= 11 is 0. The molecular weight excluding hydrogens is 320 g/mol. The Morgan fingerprint density at radius 3 is 2.60 bits per heavy atom. The number of nitrogens with one attached hydrogen (secondary N) is 1. The number of carbonyl (C=O) groups excluding carboxylic acids is 2. The summed E-state index contributed by atoms with van der Waals surface area (Å²) < 4.78 is 5.27. The zero-order chi connectivity index (χ0) is 18.8. The number of hydrogen-bond acceptors (Lipinski definition) is 5. The molecule has 1 aliphatic heterocycles. The maximum absolute atomic E-state index is 12.0. The van der Waals surface area contributed by atoms with Crippen LogP contribution in [-0.4, -0.2) is 60.1 Å². The van der Waals surface area contributed by atoms with Crippen LogP contribution >= 0.6 is 0 Å². The van der Waals surface area contributed by atoms with Crippen LogP contribution < -0.4 is 5.32 Å². The van der Waals surface area contributed by atoms with Crippen LogP contribution in [-0.2, 0) is 16.1 Å². The number of amides is 2. The van der Waals surface area contributed by atoms with Gasteiger partial charge < -0.3 is 14.5 Å². The molecule has 2 amide bonds. The van der Waals surface area contributed by atoms with Gasteiger partial charge in [-0.1, -0.05) is 6.07 Å². The Morgan fingerprint density at radius 2 is 2.08 bits per heavy atom. The van der Waals surface area contributed by atoms with Gasteiger partial charge in [-0.05, 0) is 46.5 Å². The van der Waals surface area contributed by atoms with Gasteiger partial charge in [0.05, 0.1) is 5.69 Å². The zero-order valence-corrected chi connectivity index (χ0v) is 15.9. The van der Waals surface area contributed by atoms with Crippen molar-refractivity contribution in [1.29, 1.82) is 0 Å². The minimum Gasteiger partial charge on any atom is -0.444 e. The van der Waals surface area contributed by atoms with Crippen molar-refractivity contribution >= 4 is 17.8 Å². The molecule has 1 atom stereocenters. The molecule has 1 aliphatic rings. The fourth-order valence-corrected chi connectivity index (χ4v) is 2.86. The largest absolute Gasteiger partial charge is 0.444 e. The third-order valence-corrected chi connectivity index (χ3v) is 3.89. The van der Waals surface area contributed by atoms with Crippen LogP contribution in [0.3, 0.4) is 0 Å². The average Bonchev–Trinajstić information content (AvgIpc) is 2.75. The fourth-order valence-electron chi connectivity index (χ4n) is 2.86. The Kier molecular flexibility index (Phi) is 5.67. The van der Waals surface area contributed by atoms with Crippen LogP contribution in [0.15, 0.2) is 12.1 Å². The Morgan fingerprint density at radius 1 is 1.40 bits per heavy atom. The molecule has 0 aromatic carbocycles. The fraction of sp³-hybridized carbons (Fsp3) is 0.611. The van der Waals surface area contributed by atoms with Crippen LogP contribution in [0.5, 0.6) is 0 Å². The first kappa shape index (κ1) is 19.2. The SMILES string of the molecule is CN(C)Cc1nc(NC(=O)OC(C)(C)C)ccc1C1CC(=O)N(C)C1. The topological polar surface area (TPSA) is 74.8 Å². The summed E-state index contributed by atoms with van der Waals surface area (Å²) in [5, 5.41) is 2.68. The van der Waals surface area contributed by atoms with Crippen LogP contribution in [0.25, 0.3) is 0 Å². The minimum absolute atomic E-state index is 0.135. The molecule has 0 aliphatic carbocycles. The van der Waals surface area contributed by atoms with Crippen LogP contribution in [0.2, 0.25) is 0 Å². The zero-order valence-electron chi connectivity index (χ0n) is 15.9. The second-order valence-corrected chi connectivity index (χ2v) is 7.77. The lowest BCUT2D eigenvalue weighted by Crippen LogP contribution is -2.27. The molecule has 2 rings (SSSR count). The van der Waals surface area contributed by atoms with Gasteiger partial charge in [0.2, 0.25) is 5.91 Å². The molecule has 1 unspecified atom stereocenters. The van der Waals surface area contributed by atoms with E-state index >= 15 is 0 Å². The van der Waals surface area contributed by atoms with Crippen molar-refractivity contribution in [2.75, 3.05) is 33.0 Å². The average molecular weight is 348 g/mol. The van der Waals surface area contributed by atoms with Gasteiger partial charge in [0.25, 0.3) is 0 Å². The van der Waals surface area contributed by atoms with Crippen molar-refractivity contribution in [3.63, 3.8) is 0 Å². The molecule has 0 bridgehead atoms. The second kappa shape index (κ2) is 7.39. The maximum atomic E-state index is 12.0. The molecule has 1 aromatic rings. The molecular formula is C18H28N4O3. The normalized spacial score (nSPS) is 18.0. The first-order valence-corrected chi connectivity index (χ1v) is 8.43. The van der Waals surface area contributed by atoms with Crippen molar-refractivity contribution in [3.05, 3.63) is 23.4 Å². The lowest BCUT2D eigenvalue weighted by Gasteiger charge is -2.21. The highest BCUT2D eigenvalue weighted by Gasteiger charge is 2.30. The van der Waals surface area contributed by atoms with Gasteiger partial charge in [-0.2, -0.15) is 0 Å². The van der Waals surface area contributed by atoms with Gasteiger partial charge in [0.1, 0.15) is 11.4 Å². The summed E-state index contributed by atoms with van der Waals surface area (Å²) in [6, 6.07) is 3.72. The lowest BCUT2D eigenvalue weighted by atomic mass is 9.96. The molecule has 1 N–H and O–H groups in total. The van der Waals surface area contributed by atoms with Crippen molar-refractivity contribution < 1.29 is 14.3 Å². The smallest absolute Gasteiger partial charge is 0.413 e. The quantitative estimate of drug-likeness (QED) is 0.904. The second-order valence-electron chi connectivity index (χ2n) is 7.77. The van der Waals surface area contributed by atoms with Gasteiger partial charge in [-0.15, -0.1) is 0 Å². The van der Waals surface area contributed by atoms with Crippen molar-refractivity contribution in [2.45, 2.75) is 45.3 Å². The molecule has 0 radical (unpaired) electrons. The van der Waals surface area contributed by atoms with Crippen molar-refractivity contribution in [1.82, 2.24) is 14.8 Å². The third kappa shape index (κ3) is 5.42. The highest BCUT2D eigenvalue weighted by molar-refractivity contribution is 5.83. The maximum Gasteiger partial charge on any atom is 0.413 e. The van der Waals surface area contributed by atoms with E-state index in [2.05, 4.69) is 10.3 Å². The monoisotopic (exact) mass is 348 g/mol. The summed E-state index contributed by atoms with van der Waals surface area (Å²) in [6.45, 7) is 6.77. The molecule has 2 heterocycles. The van der Waals surface area contributed by atoms with Gasteiger partial charge in [-0.3, -0.25) is 10.1 Å². The number of carbonyl (C=O) groups is 2. The predicted octanol–water partition coefficient (Wildman–Crippen LogP) is 2.44. The Hall–Kier alpha value is -2.15. The Labute approximate surface area is 149 Å². The van der Waals surface area contributed by atoms with E-state index in [1.54, 1.807) is 11.0 Å². The molecule has 1 fully saturated rings. The molecule has 7 nitrogen and oxygen atoms in total. The first-order valence-electron chi connectivity index (χ1n) is 8.43. The van der Waals surface area contributed by atoms with E-state index < -0.39 is 11.7 Å². The van der Waals surface area contributed by atoms with E-state index in [1.165, 1.54) is 0 Å². The van der Waals surface area contributed by atoms with E-state index in [0.717, 1.165) is 11.3 Å². The standard InChI is InChI=1S/C18H28N4O3/c1-18(2,3)25-17(24)20-15-8-7-13(14(19-15)11-21(4)5)12-9-16(23)22(6)10-12/h7-8,12H,9-11H2,1-6H3,(H,19,20,24). The number of rotatable bonds is 4. The van der Waals surface area contributed by atoms with E-state index in [9.17, 15) is 9.59 Å². The van der Waals surface area contributed by atoms with Crippen molar-refractivity contribution in [3.8, 4) is 0 Å². The Bertz CT molecular complexity index is 652. The minimum atomic E-state index is -0.564. The molecule has 1 aromatic heterocycles. The molecule has 0 saturated carbocycles. The van der Waals surface area contributed by atoms with E-state index in [0.29, 0.717) is 25.3 Å². The number of hydrogen-bond donors (Lipinski definition) is 1. The molecule has 7 heteroatoms. The number of likely N-dealkylation sites (N-methyl/N-ethyl adjacent to an activating group) is 1. The number of pyridine rings is 1. The molecule has 1 saturated heterocycles. The summed E-state index contributed by atoms with van der Waals surface area (Å²) in [5.41, 5.74) is 1.36. The van der Waals surface area contributed by atoms with Crippen LogP contribution in [0.1, 0.15) is 44.4 Å². The lowest BCUT2D eigenvalue weighted by molar-refractivity contribution is -0.126. The predicted molar refractivity (Wildman–Crippen MR) is 96.5 cm³/mol. The number of aromatic nitrogens is 1.